The third-order valence-corrected chi connectivity index (χ3v) is 2.62. The first-order valence-electron chi connectivity index (χ1n) is 5.72. The van der Waals surface area contributed by atoms with Crippen LogP contribution >= 0.6 is 0 Å². The Hall–Kier alpha value is -1.88. The van der Waals surface area contributed by atoms with Crippen LogP contribution in [0.5, 0.6) is 0 Å². The lowest BCUT2D eigenvalue weighted by atomic mass is 10.1. The van der Waals surface area contributed by atoms with Crippen LogP contribution in [0.15, 0.2) is 24.3 Å². The van der Waals surface area contributed by atoms with Gasteiger partial charge >= 0.3 is 11.9 Å². The molecule has 0 aliphatic rings. The van der Waals surface area contributed by atoms with Gasteiger partial charge in [-0.25, -0.2) is 0 Å². The summed E-state index contributed by atoms with van der Waals surface area (Å²) in [4.78, 5) is 21.3. The van der Waals surface area contributed by atoms with Crippen LogP contribution in [0.3, 0.4) is 0 Å². The lowest BCUT2D eigenvalue weighted by Crippen LogP contribution is -2.36. The molecule has 18 heavy (non-hydrogen) atoms. The first-order valence-corrected chi connectivity index (χ1v) is 5.72. The zero-order chi connectivity index (χ0) is 13.5. The Kier molecular flexibility index (Phi) is 5.32. The molecule has 0 aliphatic heterocycles. The molecule has 5 nitrogen and oxygen atoms in total. The second kappa shape index (κ2) is 6.76. The van der Waals surface area contributed by atoms with Crippen LogP contribution in [-0.4, -0.2) is 28.2 Å². The minimum absolute atomic E-state index is 0.0799. The van der Waals surface area contributed by atoms with Gasteiger partial charge in [-0.05, 0) is 18.9 Å². The second-order valence-electron chi connectivity index (χ2n) is 4.19. The third-order valence-electron chi connectivity index (χ3n) is 2.62. The topological polar surface area (TPSA) is 86.6 Å². The van der Waals surface area contributed by atoms with E-state index in [0.29, 0.717) is 6.54 Å². The number of rotatable bonds is 7. The Morgan fingerprint density at radius 2 is 1.83 bits per heavy atom. The fourth-order valence-electron chi connectivity index (χ4n) is 1.53. The minimum Gasteiger partial charge on any atom is -0.481 e. The van der Waals surface area contributed by atoms with Crippen molar-refractivity contribution < 1.29 is 19.8 Å². The van der Waals surface area contributed by atoms with Crippen LogP contribution in [-0.2, 0) is 16.1 Å². The highest BCUT2D eigenvalue weighted by atomic mass is 16.4. The van der Waals surface area contributed by atoms with Gasteiger partial charge in [0.25, 0.3) is 0 Å². The molecule has 0 aliphatic carbocycles. The molecular formula is C13H17NO4. The first-order chi connectivity index (χ1) is 8.49. The minimum atomic E-state index is -1.02. The number of hydrogen-bond donors (Lipinski definition) is 3. The Morgan fingerprint density at radius 3 is 2.33 bits per heavy atom. The number of carbonyl (C=O) groups is 2. The van der Waals surface area contributed by atoms with E-state index in [-0.39, 0.29) is 12.8 Å². The van der Waals surface area contributed by atoms with Gasteiger partial charge in [0.15, 0.2) is 0 Å². The van der Waals surface area contributed by atoms with Crippen molar-refractivity contribution >= 4 is 11.9 Å². The number of carboxylic acids is 2. The molecule has 0 radical (unpaired) electrons. The van der Waals surface area contributed by atoms with Crippen LogP contribution < -0.4 is 5.32 Å². The summed E-state index contributed by atoms with van der Waals surface area (Å²) in [5.74, 6) is -2.01. The zero-order valence-electron chi connectivity index (χ0n) is 10.2. The van der Waals surface area contributed by atoms with Crippen molar-refractivity contribution in [3.05, 3.63) is 35.4 Å². The summed E-state index contributed by atoms with van der Waals surface area (Å²) in [5, 5.41) is 20.3. The van der Waals surface area contributed by atoms with Crippen molar-refractivity contribution in [2.24, 2.45) is 0 Å². The van der Waals surface area contributed by atoms with Crippen LogP contribution in [0.1, 0.15) is 24.0 Å². The SMILES string of the molecule is Cc1ccc(CN[C@@H](CCC(=O)O)C(=O)O)cc1. The Morgan fingerprint density at radius 1 is 1.22 bits per heavy atom. The molecule has 0 spiro atoms. The lowest BCUT2D eigenvalue weighted by molar-refractivity contribution is -0.140. The highest BCUT2D eigenvalue weighted by Crippen LogP contribution is 2.05. The van der Waals surface area contributed by atoms with E-state index in [1.807, 2.05) is 31.2 Å². The molecule has 3 N–H and O–H groups in total. The first kappa shape index (κ1) is 14.2. The van der Waals surface area contributed by atoms with E-state index in [1.54, 1.807) is 0 Å². The summed E-state index contributed by atoms with van der Waals surface area (Å²) in [6.07, 6.45) is -0.0750. The molecule has 0 heterocycles. The molecule has 0 saturated heterocycles. The smallest absolute Gasteiger partial charge is 0.320 e. The largest absolute Gasteiger partial charge is 0.481 e. The quantitative estimate of drug-likeness (QED) is 0.682. The zero-order valence-corrected chi connectivity index (χ0v) is 10.2. The molecule has 0 unspecified atom stereocenters. The molecule has 1 rings (SSSR count). The number of nitrogens with one attached hydrogen (secondary N) is 1. The normalized spacial score (nSPS) is 12.1. The van der Waals surface area contributed by atoms with Crippen LogP contribution in [0.25, 0.3) is 0 Å². The molecule has 0 amide bonds. The van der Waals surface area contributed by atoms with Gasteiger partial charge in [-0.1, -0.05) is 29.8 Å². The van der Waals surface area contributed by atoms with E-state index >= 15 is 0 Å². The monoisotopic (exact) mass is 251 g/mol. The number of aryl methyl sites for hydroxylation is 1. The summed E-state index contributed by atoms with van der Waals surface area (Å²) < 4.78 is 0. The van der Waals surface area contributed by atoms with Gasteiger partial charge in [0.1, 0.15) is 6.04 Å². The number of carboxylic acid groups (broad SMARTS) is 2. The molecule has 0 saturated carbocycles. The number of aliphatic carboxylic acids is 2. The molecule has 1 aromatic rings. The molecule has 5 heteroatoms. The van der Waals surface area contributed by atoms with Gasteiger partial charge < -0.3 is 15.5 Å². The molecule has 0 aromatic heterocycles. The van der Waals surface area contributed by atoms with Crippen molar-refractivity contribution in [2.45, 2.75) is 32.4 Å². The Balaban J connectivity index is 2.49. The van der Waals surface area contributed by atoms with Gasteiger partial charge in [0, 0.05) is 13.0 Å². The fourth-order valence-corrected chi connectivity index (χ4v) is 1.53. The van der Waals surface area contributed by atoms with Gasteiger partial charge in [-0.2, -0.15) is 0 Å². The van der Waals surface area contributed by atoms with E-state index in [9.17, 15) is 9.59 Å². The van der Waals surface area contributed by atoms with Crippen LogP contribution in [0, 0.1) is 6.92 Å². The summed E-state index contributed by atoms with van der Waals surface area (Å²) in [6.45, 7) is 2.39. The summed E-state index contributed by atoms with van der Waals surface area (Å²) in [6, 6.07) is 6.90. The summed E-state index contributed by atoms with van der Waals surface area (Å²) in [7, 11) is 0. The van der Waals surface area contributed by atoms with Gasteiger partial charge in [-0.15, -0.1) is 0 Å². The predicted molar refractivity (Wildman–Crippen MR) is 66.3 cm³/mol. The van der Waals surface area contributed by atoms with E-state index in [4.69, 9.17) is 10.2 Å². The van der Waals surface area contributed by atoms with Crippen molar-refractivity contribution in [3.8, 4) is 0 Å². The molecule has 98 valence electrons. The highest BCUT2D eigenvalue weighted by Gasteiger charge is 2.17. The maximum atomic E-state index is 10.9. The van der Waals surface area contributed by atoms with Crippen LogP contribution in [0.2, 0.25) is 0 Å². The molecular weight excluding hydrogens is 234 g/mol. The van der Waals surface area contributed by atoms with E-state index < -0.39 is 18.0 Å². The lowest BCUT2D eigenvalue weighted by Gasteiger charge is -2.13. The predicted octanol–water partition coefficient (Wildman–Crippen LogP) is 1.40. The average molecular weight is 251 g/mol. The second-order valence-corrected chi connectivity index (χ2v) is 4.19. The van der Waals surface area contributed by atoms with Gasteiger partial charge in [0.05, 0.1) is 0 Å². The molecule has 1 atom stereocenters. The molecule has 0 fully saturated rings. The highest BCUT2D eigenvalue weighted by molar-refractivity contribution is 5.75. The van der Waals surface area contributed by atoms with Gasteiger partial charge in [-0.3, -0.25) is 9.59 Å². The van der Waals surface area contributed by atoms with Crippen molar-refractivity contribution in [3.63, 3.8) is 0 Å². The van der Waals surface area contributed by atoms with Crippen molar-refractivity contribution in [2.75, 3.05) is 0 Å². The number of hydrogen-bond acceptors (Lipinski definition) is 3. The van der Waals surface area contributed by atoms with Crippen molar-refractivity contribution in [1.29, 1.82) is 0 Å². The van der Waals surface area contributed by atoms with Crippen LogP contribution in [0.4, 0.5) is 0 Å². The Bertz CT molecular complexity index is 414. The van der Waals surface area contributed by atoms with Crippen molar-refractivity contribution in [1.82, 2.24) is 5.32 Å². The van der Waals surface area contributed by atoms with E-state index in [0.717, 1.165) is 11.1 Å². The average Bonchev–Trinajstić information content (AvgIpc) is 2.30. The summed E-state index contributed by atoms with van der Waals surface area (Å²) >= 11 is 0. The standard InChI is InChI=1S/C13H17NO4/c1-9-2-4-10(5-3-9)8-14-11(13(17)18)6-7-12(15)16/h2-5,11,14H,6-8H2,1H3,(H,15,16)(H,17,18)/t11-/m0/s1. The fraction of sp³-hybridized carbons (Fsp3) is 0.385. The van der Waals surface area contributed by atoms with E-state index in [2.05, 4.69) is 5.32 Å². The van der Waals surface area contributed by atoms with Gasteiger partial charge in [0.2, 0.25) is 0 Å². The third kappa shape index (κ3) is 4.97. The maximum Gasteiger partial charge on any atom is 0.320 e. The number of benzene rings is 1. The Labute approximate surface area is 105 Å². The molecule has 0 bridgehead atoms. The molecule has 1 aromatic carbocycles. The van der Waals surface area contributed by atoms with E-state index in [1.165, 1.54) is 0 Å². The maximum absolute atomic E-state index is 10.9. The summed E-state index contributed by atoms with van der Waals surface area (Å²) in [5.41, 5.74) is 2.11.